The molecule has 0 fully saturated rings. The molecule has 1 N–H and O–H groups in total. The number of carbonyl (C=O) groups is 1. The van der Waals surface area contributed by atoms with Crippen LogP contribution < -0.4 is 10.1 Å². The third kappa shape index (κ3) is 4.26. The van der Waals surface area contributed by atoms with Crippen molar-refractivity contribution in [1.82, 2.24) is 0 Å². The van der Waals surface area contributed by atoms with Crippen LogP contribution in [0.3, 0.4) is 0 Å². The first-order valence-corrected chi connectivity index (χ1v) is 8.65. The van der Waals surface area contributed by atoms with Crippen molar-refractivity contribution in [2.24, 2.45) is 0 Å². The highest BCUT2D eigenvalue weighted by atomic mass is 32.2. The Kier molecular flexibility index (Phi) is 6.20. The van der Waals surface area contributed by atoms with Crippen molar-refractivity contribution in [2.75, 3.05) is 18.2 Å². The molecular weight excluding hydrogens is 328 g/mol. The van der Waals surface area contributed by atoms with Gasteiger partial charge in [-0.1, -0.05) is 19.1 Å². The van der Waals surface area contributed by atoms with E-state index in [-0.39, 0.29) is 11.3 Å². The molecule has 0 atom stereocenters. The lowest BCUT2D eigenvalue weighted by molar-refractivity contribution is -0.387. The number of nitrogens with one attached hydrogen (secondary N) is 1. The third-order valence-corrected chi connectivity index (χ3v) is 4.02. The quantitative estimate of drug-likeness (QED) is 0.458. The van der Waals surface area contributed by atoms with Gasteiger partial charge in [-0.3, -0.25) is 14.9 Å². The zero-order valence-electron chi connectivity index (χ0n) is 13.4. The number of para-hydroxylation sites is 2. The van der Waals surface area contributed by atoms with Crippen molar-refractivity contribution in [3.8, 4) is 5.75 Å². The fourth-order valence-electron chi connectivity index (χ4n) is 2.08. The van der Waals surface area contributed by atoms with Gasteiger partial charge in [0.2, 0.25) is 0 Å². The molecule has 0 spiro atoms. The summed E-state index contributed by atoms with van der Waals surface area (Å²) in [5, 5.41) is 13.9. The summed E-state index contributed by atoms with van der Waals surface area (Å²) in [5.41, 5.74) is 0.683. The number of carbonyl (C=O) groups excluding carboxylic acids is 1. The molecule has 0 bridgehead atoms. The summed E-state index contributed by atoms with van der Waals surface area (Å²) in [5.74, 6) is 0.154. The van der Waals surface area contributed by atoms with E-state index in [1.54, 1.807) is 36.6 Å². The van der Waals surface area contributed by atoms with Gasteiger partial charge in [0.05, 0.1) is 22.1 Å². The number of nitro benzene ring substituents is 1. The van der Waals surface area contributed by atoms with E-state index in [0.717, 1.165) is 6.42 Å². The van der Waals surface area contributed by atoms with E-state index < -0.39 is 10.8 Å². The van der Waals surface area contributed by atoms with Crippen LogP contribution in [0.15, 0.2) is 47.4 Å². The van der Waals surface area contributed by atoms with Gasteiger partial charge in [-0.25, -0.2) is 0 Å². The number of nitrogens with zero attached hydrogens (tertiary/aromatic N) is 1. The fraction of sp³-hybridized carbons (Fsp3) is 0.235. The molecular formula is C17H18N2O4S. The maximum absolute atomic E-state index is 12.4. The Hall–Kier alpha value is -2.54. The number of rotatable bonds is 7. The minimum absolute atomic E-state index is 0.0781. The molecule has 0 aliphatic heterocycles. The number of hydrogen-bond acceptors (Lipinski definition) is 5. The zero-order chi connectivity index (χ0) is 17.5. The zero-order valence-corrected chi connectivity index (χ0v) is 14.3. The molecule has 1 amide bonds. The summed E-state index contributed by atoms with van der Waals surface area (Å²) in [7, 11) is 0. The van der Waals surface area contributed by atoms with Gasteiger partial charge in [0.25, 0.3) is 11.6 Å². The lowest BCUT2D eigenvalue weighted by Gasteiger charge is -2.12. The first-order chi connectivity index (χ1) is 11.6. The predicted molar refractivity (Wildman–Crippen MR) is 95.1 cm³/mol. The summed E-state index contributed by atoms with van der Waals surface area (Å²) in [6, 6.07) is 11.5. The number of benzene rings is 2. The first-order valence-electron chi connectivity index (χ1n) is 7.42. The number of thioether (sulfide) groups is 1. The second kappa shape index (κ2) is 8.35. The van der Waals surface area contributed by atoms with Gasteiger partial charge in [-0.2, -0.15) is 0 Å². The molecule has 0 aromatic heterocycles. The predicted octanol–water partition coefficient (Wildman–Crippen LogP) is 4.36. The maximum Gasteiger partial charge on any atom is 0.283 e. The van der Waals surface area contributed by atoms with E-state index in [1.807, 2.05) is 13.0 Å². The minimum Gasteiger partial charge on any atom is -0.491 e. The van der Waals surface area contributed by atoms with Crippen molar-refractivity contribution in [3.05, 3.63) is 58.1 Å². The molecule has 0 unspecified atom stereocenters. The van der Waals surface area contributed by atoms with Crippen LogP contribution in [-0.4, -0.2) is 23.7 Å². The van der Waals surface area contributed by atoms with Crippen molar-refractivity contribution >= 4 is 29.0 Å². The molecule has 2 aromatic rings. The van der Waals surface area contributed by atoms with Gasteiger partial charge in [0.15, 0.2) is 0 Å². The molecule has 2 rings (SSSR count). The standard InChI is InChI=1S/C17H18N2O4S/c1-3-10-23-15-7-5-4-6-13(15)18-17(20)12-8-9-16(24-2)14(11-12)19(21)22/h4-9,11H,3,10H2,1-2H3,(H,18,20). The Morgan fingerprint density at radius 3 is 2.71 bits per heavy atom. The summed E-state index contributed by atoms with van der Waals surface area (Å²) < 4.78 is 5.60. The molecule has 24 heavy (non-hydrogen) atoms. The summed E-state index contributed by atoms with van der Waals surface area (Å²) >= 11 is 1.27. The van der Waals surface area contributed by atoms with E-state index in [9.17, 15) is 14.9 Å². The average molecular weight is 346 g/mol. The van der Waals surface area contributed by atoms with Gasteiger partial charge in [0, 0.05) is 11.6 Å². The lowest BCUT2D eigenvalue weighted by Crippen LogP contribution is -2.13. The van der Waals surface area contributed by atoms with Crippen LogP contribution in [0.2, 0.25) is 0 Å². The van der Waals surface area contributed by atoms with Crippen LogP contribution in [0, 0.1) is 10.1 Å². The van der Waals surface area contributed by atoms with E-state index >= 15 is 0 Å². The van der Waals surface area contributed by atoms with Gasteiger partial charge in [-0.05, 0) is 36.9 Å². The number of amides is 1. The molecule has 0 radical (unpaired) electrons. The highest BCUT2D eigenvalue weighted by molar-refractivity contribution is 7.98. The number of hydrogen-bond donors (Lipinski definition) is 1. The van der Waals surface area contributed by atoms with Crippen LogP contribution in [-0.2, 0) is 0 Å². The number of ether oxygens (including phenoxy) is 1. The fourth-order valence-corrected chi connectivity index (χ4v) is 2.62. The van der Waals surface area contributed by atoms with Crippen LogP contribution in [0.5, 0.6) is 5.75 Å². The van der Waals surface area contributed by atoms with Crippen LogP contribution in [0.25, 0.3) is 0 Å². The van der Waals surface area contributed by atoms with Crippen molar-refractivity contribution in [3.63, 3.8) is 0 Å². The highest BCUT2D eigenvalue weighted by Crippen LogP contribution is 2.29. The Labute approximate surface area is 144 Å². The Morgan fingerprint density at radius 1 is 1.29 bits per heavy atom. The number of anilines is 1. The molecule has 2 aromatic carbocycles. The van der Waals surface area contributed by atoms with Gasteiger partial charge in [0.1, 0.15) is 5.75 Å². The van der Waals surface area contributed by atoms with Crippen molar-refractivity contribution in [1.29, 1.82) is 0 Å². The second-order valence-electron chi connectivity index (χ2n) is 4.94. The lowest BCUT2D eigenvalue weighted by atomic mass is 10.2. The molecule has 0 saturated heterocycles. The maximum atomic E-state index is 12.4. The Bertz CT molecular complexity index is 749. The second-order valence-corrected chi connectivity index (χ2v) is 5.79. The smallest absolute Gasteiger partial charge is 0.283 e. The summed E-state index contributed by atoms with van der Waals surface area (Å²) in [6.45, 7) is 2.54. The van der Waals surface area contributed by atoms with Crippen LogP contribution in [0.1, 0.15) is 23.7 Å². The van der Waals surface area contributed by atoms with E-state index in [1.165, 1.54) is 17.8 Å². The van der Waals surface area contributed by atoms with E-state index in [0.29, 0.717) is 22.9 Å². The van der Waals surface area contributed by atoms with Crippen LogP contribution >= 0.6 is 11.8 Å². The molecule has 0 saturated carbocycles. The molecule has 0 heterocycles. The van der Waals surface area contributed by atoms with Gasteiger partial charge >= 0.3 is 0 Å². The Morgan fingerprint density at radius 2 is 2.04 bits per heavy atom. The van der Waals surface area contributed by atoms with Gasteiger partial charge < -0.3 is 10.1 Å². The van der Waals surface area contributed by atoms with Crippen molar-refractivity contribution in [2.45, 2.75) is 18.2 Å². The summed E-state index contributed by atoms with van der Waals surface area (Å²) in [4.78, 5) is 23.6. The highest BCUT2D eigenvalue weighted by Gasteiger charge is 2.17. The molecule has 126 valence electrons. The van der Waals surface area contributed by atoms with Gasteiger partial charge in [-0.15, -0.1) is 11.8 Å². The molecule has 0 aliphatic rings. The molecule has 0 aliphatic carbocycles. The molecule has 6 nitrogen and oxygen atoms in total. The summed E-state index contributed by atoms with van der Waals surface area (Å²) in [6.07, 6.45) is 2.61. The Balaban J connectivity index is 2.24. The average Bonchev–Trinajstić information content (AvgIpc) is 2.60. The normalized spacial score (nSPS) is 10.2. The monoisotopic (exact) mass is 346 g/mol. The SMILES string of the molecule is CCCOc1ccccc1NC(=O)c1ccc(SC)c([N+](=O)[O-])c1. The minimum atomic E-state index is -0.485. The first kappa shape index (κ1) is 17.8. The molecule has 7 heteroatoms. The third-order valence-electron chi connectivity index (χ3n) is 3.23. The van der Waals surface area contributed by atoms with Crippen molar-refractivity contribution < 1.29 is 14.5 Å². The van der Waals surface area contributed by atoms with Crippen LogP contribution in [0.4, 0.5) is 11.4 Å². The largest absolute Gasteiger partial charge is 0.491 e. The van der Waals surface area contributed by atoms with E-state index in [2.05, 4.69) is 5.32 Å². The topological polar surface area (TPSA) is 81.5 Å². The van der Waals surface area contributed by atoms with E-state index in [4.69, 9.17) is 4.74 Å². The number of nitro groups is 1.